The van der Waals surface area contributed by atoms with E-state index in [0.29, 0.717) is 24.0 Å². The lowest BCUT2D eigenvalue weighted by Gasteiger charge is -2.36. The highest BCUT2D eigenvalue weighted by atomic mass is 32.2. The summed E-state index contributed by atoms with van der Waals surface area (Å²) in [6.45, 7) is 3.23. The number of hydrogen-bond acceptors (Lipinski definition) is 5. The van der Waals surface area contributed by atoms with Gasteiger partial charge in [-0.2, -0.15) is 5.26 Å². The molecule has 1 aliphatic rings. The van der Waals surface area contributed by atoms with E-state index in [1.54, 1.807) is 50.4 Å². The Labute approximate surface area is 166 Å². The monoisotopic (exact) mass is 399 g/mol. The molecular formula is C22H25NO4S. The Morgan fingerprint density at radius 2 is 1.79 bits per heavy atom. The van der Waals surface area contributed by atoms with Gasteiger partial charge >= 0.3 is 0 Å². The highest BCUT2D eigenvalue weighted by molar-refractivity contribution is 7.93. The van der Waals surface area contributed by atoms with Gasteiger partial charge in [0.05, 0.1) is 34.3 Å². The van der Waals surface area contributed by atoms with Crippen LogP contribution in [0.4, 0.5) is 0 Å². The molecule has 1 heterocycles. The summed E-state index contributed by atoms with van der Waals surface area (Å²) in [7, 11) is -3.77. The molecule has 0 amide bonds. The van der Waals surface area contributed by atoms with Gasteiger partial charge in [-0.1, -0.05) is 31.4 Å². The van der Waals surface area contributed by atoms with Gasteiger partial charge in [0.15, 0.2) is 15.6 Å². The summed E-state index contributed by atoms with van der Waals surface area (Å²) in [5.74, 6) is -0.763. The maximum Gasteiger partial charge on any atom is 0.166 e. The minimum Gasteiger partial charge on any atom is -0.472 e. The molecule has 148 valence electrons. The Balaban J connectivity index is 1.91. The first kappa shape index (κ1) is 20.3. The van der Waals surface area contributed by atoms with Crippen molar-refractivity contribution in [3.8, 4) is 6.07 Å². The third kappa shape index (κ3) is 3.51. The van der Waals surface area contributed by atoms with Crippen LogP contribution < -0.4 is 0 Å². The Bertz CT molecular complexity index is 974. The van der Waals surface area contributed by atoms with Gasteiger partial charge in [0.25, 0.3) is 0 Å². The smallest absolute Gasteiger partial charge is 0.166 e. The van der Waals surface area contributed by atoms with Gasteiger partial charge in [0.2, 0.25) is 0 Å². The average Bonchev–Trinajstić information content (AvgIpc) is 3.23. The summed E-state index contributed by atoms with van der Waals surface area (Å²) in [6.07, 6.45) is 7.26. The Hall–Kier alpha value is -2.39. The van der Waals surface area contributed by atoms with Crippen LogP contribution in [0, 0.1) is 11.3 Å². The van der Waals surface area contributed by atoms with Crippen LogP contribution in [0.5, 0.6) is 0 Å². The number of benzene rings is 1. The molecule has 0 bridgehead atoms. The Kier molecular flexibility index (Phi) is 5.49. The van der Waals surface area contributed by atoms with E-state index in [2.05, 4.69) is 0 Å². The summed E-state index contributed by atoms with van der Waals surface area (Å²) in [5.41, 5.74) is 1.04. The molecule has 2 aromatic rings. The van der Waals surface area contributed by atoms with E-state index in [1.807, 2.05) is 6.07 Å². The highest BCUT2D eigenvalue weighted by Gasteiger charge is 2.46. The largest absolute Gasteiger partial charge is 0.472 e. The van der Waals surface area contributed by atoms with Crippen molar-refractivity contribution in [2.75, 3.05) is 5.75 Å². The molecule has 0 unspecified atom stereocenters. The van der Waals surface area contributed by atoms with Crippen LogP contribution in [0.1, 0.15) is 62.6 Å². The number of furan rings is 1. The van der Waals surface area contributed by atoms with Gasteiger partial charge < -0.3 is 4.42 Å². The van der Waals surface area contributed by atoms with Gasteiger partial charge in [-0.3, -0.25) is 4.79 Å². The second-order valence-corrected chi connectivity index (χ2v) is 10.6. The molecule has 1 aromatic carbocycles. The number of nitriles is 1. The van der Waals surface area contributed by atoms with Crippen LogP contribution in [-0.2, 0) is 24.8 Å². The fourth-order valence-corrected chi connectivity index (χ4v) is 5.51. The molecule has 0 N–H and O–H groups in total. The van der Waals surface area contributed by atoms with Crippen molar-refractivity contribution in [3.63, 3.8) is 0 Å². The zero-order valence-electron chi connectivity index (χ0n) is 16.3. The highest BCUT2D eigenvalue weighted by Crippen LogP contribution is 2.42. The van der Waals surface area contributed by atoms with Crippen molar-refractivity contribution >= 4 is 15.6 Å². The predicted molar refractivity (Wildman–Crippen MR) is 106 cm³/mol. The van der Waals surface area contributed by atoms with Crippen molar-refractivity contribution < 1.29 is 17.6 Å². The van der Waals surface area contributed by atoms with Crippen LogP contribution in [0.25, 0.3) is 0 Å². The fraction of sp³-hybridized carbons (Fsp3) is 0.455. The quantitative estimate of drug-likeness (QED) is 0.724. The van der Waals surface area contributed by atoms with Gasteiger partial charge in [-0.15, -0.1) is 0 Å². The second-order valence-electron chi connectivity index (χ2n) is 8.04. The first-order valence-corrected chi connectivity index (χ1v) is 11.2. The van der Waals surface area contributed by atoms with Crippen molar-refractivity contribution in [2.45, 2.75) is 56.1 Å². The summed E-state index contributed by atoms with van der Waals surface area (Å²) >= 11 is 0. The van der Waals surface area contributed by atoms with Crippen molar-refractivity contribution in [2.24, 2.45) is 0 Å². The zero-order valence-corrected chi connectivity index (χ0v) is 17.1. The van der Waals surface area contributed by atoms with E-state index in [4.69, 9.17) is 9.68 Å². The van der Waals surface area contributed by atoms with Crippen LogP contribution >= 0.6 is 0 Å². The van der Waals surface area contributed by atoms with E-state index < -0.39 is 25.8 Å². The maximum absolute atomic E-state index is 13.3. The van der Waals surface area contributed by atoms with E-state index in [-0.39, 0.29) is 5.78 Å². The van der Waals surface area contributed by atoms with Crippen LogP contribution in [0.2, 0.25) is 0 Å². The molecule has 1 aliphatic carbocycles. The molecule has 1 saturated carbocycles. The molecule has 1 fully saturated rings. The molecule has 0 atom stereocenters. The number of nitrogens with zero attached hydrogens (tertiary/aromatic N) is 1. The third-order valence-electron chi connectivity index (χ3n) is 6.12. The molecule has 28 heavy (non-hydrogen) atoms. The van der Waals surface area contributed by atoms with Gasteiger partial charge in [0, 0.05) is 5.56 Å². The van der Waals surface area contributed by atoms with Crippen LogP contribution in [0.3, 0.4) is 0 Å². The standard InChI is InChI=1S/C22H25NO4S/c1-21(2,18-8-6-17(14-23)7-9-18)28(25,26)16-20(24)22(11-4-3-5-12-22)19-10-13-27-15-19/h6-10,13,15H,3-5,11-12,16H2,1-2H3. The number of hydrogen-bond donors (Lipinski definition) is 0. The molecule has 1 aromatic heterocycles. The normalized spacial score (nSPS) is 17.0. The fourth-order valence-electron chi connectivity index (χ4n) is 4.04. The van der Waals surface area contributed by atoms with Gasteiger partial charge in [0.1, 0.15) is 5.75 Å². The summed E-state index contributed by atoms with van der Waals surface area (Å²) in [4.78, 5) is 13.3. The molecule has 3 rings (SSSR count). The summed E-state index contributed by atoms with van der Waals surface area (Å²) in [6, 6.07) is 10.3. The molecular weight excluding hydrogens is 374 g/mol. The van der Waals surface area contributed by atoms with Crippen LogP contribution in [0.15, 0.2) is 47.3 Å². The Morgan fingerprint density at radius 1 is 1.14 bits per heavy atom. The average molecular weight is 400 g/mol. The predicted octanol–water partition coefficient (Wildman–Crippen LogP) is 4.27. The Morgan fingerprint density at radius 3 is 2.32 bits per heavy atom. The number of sulfone groups is 1. The maximum atomic E-state index is 13.3. The number of carbonyl (C=O) groups is 1. The van der Waals surface area contributed by atoms with E-state index >= 15 is 0 Å². The summed E-state index contributed by atoms with van der Waals surface area (Å²) in [5, 5.41) is 8.95. The zero-order chi connectivity index (χ0) is 20.4. The lowest BCUT2D eigenvalue weighted by molar-refractivity contribution is -0.123. The van der Waals surface area contributed by atoms with Crippen molar-refractivity contribution in [1.82, 2.24) is 0 Å². The molecule has 5 nitrogen and oxygen atoms in total. The van der Waals surface area contributed by atoms with E-state index in [1.165, 1.54) is 6.26 Å². The SMILES string of the molecule is CC(C)(c1ccc(C#N)cc1)S(=O)(=O)CC(=O)C1(c2ccoc2)CCCCC1. The second kappa shape index (κ2) is 7.56. The summed E-state index contributed by atoms with van der Waals surface area (Å²) < 4.78 is 30.5. The minimum atomic E-state index is -3.77. The van der Waals surface area contributed by atoms with Gasteiger partial charge in [-0.05, 0) is 50.5 Å². The van der Waals surface area contributed by atoms with Crippen LogP contribution in [-0.4, -0.2) is 20.0 Å². The first-order chi connectivity index (χ1) is 13.2. The molecule has 0 aliphatic heterocycles. The lowest BCUT2D eigenvalue weighted by Crippen LogP contribution is -2.44. The molecule has 0 radical (unpaired) electrons. The van der Waals surface area contributed by atoms with E-state index in [9.17, 15) is 13.2 Å². The number of ketones is 1. The molecule has 0 spiro atoms. The first-order valence-electron chi connectivity index (χ1n) is 9.52. The number of rotatable bonds is 6. The molecule has 6 heteroatoms. The van der Waals surface area contributed by atoms with Crippen molar-refractivity contribution in [1.29, 1.82) is 5.26 Å². The van der Waals surface area contributed by atoms with Crippen molar-refractivity contribution in [3.05, 3.63) is 59.5 Å². The third-order valence-corrected chi connectivity index (χ3v) is 8.56. The lowest BCUT2D eigenvalue weighted by atomic mass is 9.68. The topological polar surface area (TPSA) is 88.1 Å². The number of Topliss-reactive ketones (excluding diaryl/α,β-unsaturated/α-hetero) is 1. The minimum absolute atomic E-state index is 0.254. The van der Waals surface area contributed by atoms with Gasteiger partial charge in [-0.25, -0.2) is 8.42 Å². The van der Waals surface area contributed by atoms with E-state index in [0.717, 1.165) is 24.8 Å². The molecule has 0 saturated heterocycles. The number of carbonyl (C=O) groups excluding carboxylic acids is 1.